The van der Waals surface area contributed by atoms with Gasteiger partial charge in [0.25, 0.3) is 11.5 Å². The zero-order valence-electron chi connectivity index (χ0n) is 13.7. The molecule has 10 heteroatoms. The lowest BCUT2D eigenvalue weighted by Gasteiger charge is -2.14. The molecule has 1 aliphatic heterocycles. The number of nitrogens with zero attached hydrogens (tertiary/aromatic N) is 1. The molecule has 26 heavy (non-hydrogen) atoms. The zero-order valence-corrected chi connectivity index (χ0v) is 13.7. The Kier molecular flexibility index (Phi) is 4.74. The summed E-state index contributed by atoms with van der Waals surface area (Å²) >= 11 is 0. The van der Waals surface area contributed by atoms with Crippen LogP contribution < -0.4 is 26.0 Å². The van der Waals surface area contributed by atoms with Crippen molar-refractivity contribution in [1.82, 2.24) is 9.55 Å². The van der Waals surface area contributed by atoms with Gasteiger partial charge in [0.15, 0.2) is 17.6 Å². The van der Waals surface area contributed by atoms with Crippen LogP contribution in [0, 0.1) is 0 Å². The number of hydrogen-bond acceptors (Lipinski definition) is 7. The molecule has 1 amide bonds. The highest BCUT2D eigenvalue weighted by atomic mass is 16.7. The minimum absolute atomic E-state index is 0.116. The van der Waals surface area contributed by atoms with E-state index in [2.05, 4.69) is 5.32 Å². The summed E-state index contributed by atoms with van der Waals surface area (Å²) in [6.07, 6.45) is 0.0751. The number of H-pyrrole nitrogens is 1. The fraction of sp³-hybridized carbons (Fsp3) is 0.250. The van der Waals surface area contributed by atoms with Crippen LogP contribution in [0.15, 0.2) is 40.1 Å². The predicted octanol–water partition coefficient (Wildman–Crippen LogP) is -0.164. The first-order valence-electron chi connectivity index (χ1n) is 7.62. The molecule has 10 nitrogen and oxygen atoms in total. The van der Waals surface area contributed by atoms with Crippen LogP contribution >= 0.6 is 0 Å². The van der Waals surface area contributed by atoms with Crippen LogP contribution in [0.4, 0.5) is 5.69 Å². The van der Waals surface area contributed by atoms with E-state index in [1.54, 1.807) is 18.2 Å². The van der Waals surface area contributed by atoms with Gasteiger partial charge in [-0.2, -0.15) is 0 Å². The van der Waals surface area contributed by atoms with Crippen LogP contribution in [0.5, 0.6) is 11.5 Å². The fourth-order valence-corrected chi connectivity index (χ4v) is 2.21. The molecule has 2 N–H and O–H groups in total. The number of carbonyl (C=O) groups excluding carboxylic acids is 2. The summed E-state index contributed by atoms with van der Waals surface area (Å²) in [7, 11) is 0. The van der Waals surface area contributed by atoms with Crippen LogP contribution in [0.25, 0.3) is 0 Å². The van der Waals surface area contributed by atoms with Gasteiger partial charge in [-0.25, -0.2) is 4.79 Å². The van der Waals surface area contributed by atoms with Crippen molar-refractivity contribution in [2.24, 2.45) is 0 Å². The lowest BCUT2D eigenvalue weighted by Crippen LogP contribution is -2.34. The quantitative estimate of drug-likeness (QED) is 0.708. The first-order chi connectivity index (χ1) is 12.4. The third kappa shape index (κ3) is 3.91. The van der Waals surface area contributed by atoms with Crippen molar-refractivity contribution < 1.29 is 23.8 Å². The molecular formula is C16H15N3O7. The standard InChI is InChI=1S/C16H15N3O7/c1-9(26-14(21)7-19-5-4-13(20)18-16(19)23)15(22)17-10-2-3-11-12(6-10)25-8-24-11/h2-6,9H,7-8H2,1H3,(H,17,22)(H,18,20,23)/t9-/m1/s1. The van der Waals surface area contributed by atoms with Gasteiger partial charge in [0.1, 0.15) is 6.54 Å². The monoisotopic (exact) mass is 361 g/mol. The first kappa shape index (κ1) is 17.3. The Labute approximate surface area is 146 Å². The van der Waals surface area contributed by atoms with Crippen LogP contribution in [0.2, 0.25) is 0 Å². The van der Waals surface area contributed by atoms with Gasteiger partial charge in [0.2, 0.25) is 6.79 Å². The molecule has 0 saturated heterocycles. The molecule has 136 valence electrons. The van der Waals surface area contributed by atoms with Crippen molar-refractivity contribution in [3.8, 4) is 11.5 Å². The molecular weight excluding hydrogens is 346 g/mol. The number of ether oxygens (including phenoxy) is 3. The summed E-state index contributed by atoms with van der Waals surface area (Å²) in [4.78, 5) is 48.5. The predicted molar refractivity (Wildman–Crippen MR) is 88.1 cm³/mol. The van der Waals surface area contributed by atoms with E-state index in [0.29, 0.717) is 17.2 Å². The summed E-state index contributed by atoms with van der Waals surface area (Å²) in [6.45, 7) is 1.08. The smallest absolute Gasteiger partial charge is 0.328 e. The number of anilines is 1. The number of esters is 1. The van der Waals surface area contributed by atoms with Crippen LogP contribution in [-0.4, -0.2) is 34.3 Å². The highest BCUT2D eigenvalue weighted by Gasteiger charge is 2.20. The molecule has 2 heterocycles. The lowest BCUT2D eigenvalue weighted by atomic mass is 10.2. The summed E-state index contributed by atoms with van der Waals surface area (Å²) in [5.74, 6) is -0.266. The van der Waals surface area contributed by atoms with Crippen LogP contribution in [0.3, 0.4) is 0 Å². The topological polar surface area (TPSA) is 129 Å². The van der Waals surface area contributed by atoms with Gasteiger partial charge in [0.05, 0.1) is 0 Å². The fourth-order valence-electron chi connectivity index (χ4n) is 2.21. The van der Waals surface area contributed by atoms with E-state index in [0.717, 1.165) is 10.6 Å². The molecule has 1 atom stereocenters. The van der Waals surface area contributed by atoms with Crippen molar-refractivity contribution in [2.45, 2.75) is 19.6 Å². The number of hydrogen-bond donors (Lipinski definition) is 2. The first-order valence-corrected chi connectivity index (χ1v) is 7.62. The zero-order chi connectivity index (χ0) is 18.7. The molecule has 2 aromatic rings. The molecule has 0 unspecified atom stereocenters. The van der Waals surface area contributed by atoms with E-state index >= 15 is 0 Å². The Morgan fingerprint density at radius 3 is 2.81 bits per heavy atom. The maximum atomic E-state index is 12.1. The molecule has 0 aliphatic carbocycles. The lowest BCUT2D eigenvalue weighted by molar-refractivity contribution is -0.153. The van der Waals surface area contributed by atoms with Gasteiger partial charge in [0, 0.05) is 24.0 Å². The Morgan fingerprint density at radius 2 is 2.04 bits per heavy atom. The molecule has 0 bridgehead atoms. The molecule has 1 aliphatic rings. The molecule has 0 spiro atoms. The SMILES string of the molecule is C[C@@H](OC(=O)Cn1ccc(=O)[nH]c1=O)C(=O)Nc1ccc2c(c1)OCO2. The van der Waals surface area contributed by atoms with E-state index in [1.807, 2.05) is 4.98 Å². The van der Waals surface area contributed by atoms with E-state index in [-0.39, 0.29) is 6.79 Å². The average Bonchev–Trinajstić information content (AvgIpc) is 3.05. The largest absolute Gasteiger partial charge is 0.454 e. The number of fused-ring (bicyclic) bond motifs is 1. The third-order valence-corrected chi connectivity index (χ3v) is 3.51. The number of nitrogens with one attached hydrogen (secondary N) is 2. The van der Waals surface area contributed by atoms with Crippen molar-refractivity contribution in [1.29, 1.82) is 0 Å². The average molecular weight is 361 g/mol. The Morgan fingerprint density at radius 1 is 1.27 bits per heavy atom. The van der Waals surface area contributed by atoms with Gasteiger partial charge in [-0.3, -0.25) is 23.9 Å². The summed E-state index contributed by atoms with van der Waals surface area (Å²) in [6, 6.07) is 5.97. The van der Waals surface area contributed by atoms with Gasteiger partial charge < -0.3 is 19.5 Å². The van der Waals surface area contributed by atoms with Crippen molar-refractivity contribution in [2.75, 3.05) is 12.1 Å². The Bertz CT molecular complexity index is 963. The van der Waals surface area contributed by atoms with Crippen LogP contribution in [0.1, 0.15) is 6.92 Å². The van der Waals surface area contributed by atoms with Crippen molar-refractivity contribution in [3.05, 3.63) is 51.3 Å². The molecule has 3 rings (SSSR count). The summed E-state index contributed by atoms with van der Waals surface area (Å²) < 4.78 is 16.4. The highest BCUT2D eigenvalue weighted by molar-refractivity contribution is 5.95. The number of amides is 1. The maximum absolute atomic E-state index is 12.1. The van der Waals surface area contributed by atoms with E-state index in [1.165, 1.54) is 13.1 Å². The van der Waals surface area contributed by atoms with Gasteiger partial charge >= 0.3 is 11.7 Å². The van der Waals surface area contributed by atoms with E-state index in [4.69, 9.17) is 14.2 Å². The second kappa shape index (κ2) is 7.13. The molecule has 1 aromatic heterocycles. The second-order valence-corrected chi connectivity index (χ2v) is 5.43. The highest BCUT2D eigenvalue weighted by Crippen LogP contribution is 2.34. The normalized spacial score (nSPS) is 13.1. The second-order valence-electron chi connectivity index (χ2n) is 5.43. The Balaban J connectivity index is 1.57. The van der Waals surface area contributed by atoms with E-state index < -0.39 is 35.8 Å². The third-order valence-electron chi connectivity index (χ3n) is 3.51. The maximum Gasteiger partial charge on any atom is 0.328 e. The summed E-state index contributed by atoms with van der Waals surface area (Å²) in [5.41, 5.74) is -0.859. The number of aromatic nitrogens is 2. The minimum atomic E-state index is -1.09. The Hall–Kier alpha value is -3.56. The van der Waals surface area contributed by atoms with Gasteiger partial charge in [-0.15, -0.1) is 0 Å². The summed E-state index contributed by atoms with van der Waals surface area (Å²) in [5, 5.41) is 2.59. The van der Waals surface area contributed by atoms with Crippen LogP contribution in [-0.2, 0) is 20.9 Å². The van der Waals surface area contributed by atoms with Gasteiger partial charge in [-0.05, 0) is 19.1 Å². The molecule has 0 radical (unpaired) electrons. The molecule has 0 saturated carbocycles. The number of rotatable bonds is 5. The van der Waals surface area contributed by atoms with Gasteiger partial charge in [-0.1, -0.05) is 0 Å². The molecule has 0 fully saturated rings. The minimum Gasteiger partial charge on any atom is -0.454 e. The number of carbonyl (C=O) groups is 2. The van der Waals surface area contributed by atoms with Crippen molar-refractivity contribution in [3.63, 3.8) is 0 Å². The molecule has 1 aromatic carbocycles. The van der Waals surface area contributed by atoms with E-state index in [9.17, 15) is 19.2 Å². The number of benzene rings is 1. The van der Waals surface area contributed by atoms with Crippen molar-refractivity contribution >= 4 is 17.6 Å². The number of aromatic amines is 1.